The lowest BCUT2D eigenvalue weighted by Crippen LogP contribution is -2.28. The highest BCUT2D eigenvalue weighted by Gasteiger charge is 2.04. The number of ether oxygens (including phenoxy) is 1. The molecule has 4 nitrogen and oxygen atoms in total. The summed E-state index contributed by atoms with van der Waals surface area (Å²) in [6, 6.07) is 14.7. The van der Waals surface area contributed by atoms with Crippen LogP contribution in [0.5, 0.6) is 5.75 Å². The minimum absolute atomic E-state index is 0.148. The number of benzene rings is 2. The molecule has 2 aromatic carbocycles. The maximum absolute atomic E-state index is 11.8. The predicted molar refractivity (Wildman–Crippen MR) is 79.9 cm³/mol. The number of nitrogens with two attached hydrogens (primary N) is 1. The number of anilines is 1. The first kappa shape index (κ1) is 13.9. The fourth-order valence-corrected chi connectivity index (χ4v) is 1.82. The SMILES string of the molecule is Cc1cccc(OCCNC(=O)c2cccc(N)c2)c1. The zero-order chi connectivity index (χ0) is 14.4. The highest BCUT2D eigenvalue weighted by Crippen LogP contribution is 2.11. The maximum atomic E-state index is 11.8. The summed E-state index contributed by atoms with van der Waals surface area (Å²) in [6.07, 6.45) is 0. The van der Waals surface area contributed by atoms with Crippen molar-refractivity contribution in [1.29, 1.82) is 0 Å². The van der Waals surface area contributed by atoms with Crippen molar-refractivity contribution in [2.45, 2.75) is 6.92 Å². The Labute approximate surface area is 118 Å². The Morgan fingerprint density at radius 2 is 2.00 bits per heavy atom. The van der Waals surface area contributed by atoms with E-state index in [4.69, 9.17) is 10.5 Å². The van der Waals surface area contributed by atoms with E-state index in [2.05, 4.69) is 5.32 Å². The number of carbonyl (C=O) groups is 1. The number of hydrogen-bond acceptors (Lipinski definition) is 3. The number of hydrogen-bond donors (Lipinski definition) is 2. The Balaban J connectivity index is 1.77. The number of nitrogen functional groups attached to an aromatic ring is 1. The van der Waals surface area contributed by atoms with Gasteiger partial charge in [-0.2, -0.15) is 0 Å². The molecule has 0 saturated heterocycles. The second kappa shape index (κ2) is 6.61. The van der Waals surface area contributed by atoms with E-state index in [1.807, 2.05) is 31.2 Å². The zero-order valence-corrected chi connectivity index (χ0v) is 11.4. The number of aryl methyl sites for hydroxylation is 1. The second-order valence-electron chi connectivity index (χ2n) is 4.55. The van der Waals surface area contributed by atoms with Crippen molar-refractivity contribution in [3.05, 3.63) is 59.7 Å². The Bertz CT molecular complexity index is 597. The smallest absolute Gasteiger partial charge is 0.251 e. The van der Waals surface area contributed by atoms with Gasteiger partial charge in [0.25, 0.3) is 5.91 Å². The van der Waals surface area contributed by atoms with Gasteiger partial charge in [-0.25, -0.2) is 0 Å². The van der Waals surface area contributed by atoms with Gasteiger partial charge in [-0.3, -0.25) is 4.79 Å². The Kier molecular flexibility index (Phi) is 4.60. The van der Waals surface area contributed by atoms with Crippen LogP contribution in [-0.4, -0.2) is 19.1 Å². The van der Waals surface area contributed by atoms with Gasteiger partial charge in [0, 0.05) is 11.3 Å². The van der Waals surface area contributed by atoms with Gasteiger partial charge >= 0.3 is 0 Å². The van der Waals surface area contributed by atoms with Crippen LogP contribution >= 0.6 is 0 Å². The first-order chi connectivity index (χ1) is 9.65. The van der Waals surface area contributed by atoms with Crippen LogP contribution in [-0.2, 0) is 0 Å². The third-order valence-electron chi connectivity index (χ3n) is 2.79. The van der Waals surface area contributed by atoms with Gasteiger partial charge in [0.2, 0.25) is 0 Å². The average Bonchev–Trinajstić information content (AvgIpc) is 2.43. The van der Waals surface area contributed by atoms with Crippen LogP contribution in [0, 0.1) is 6.92 Å². The first-order valence-electron chi connectivity index (χ1n) is 6.48. The maximum Gasteiger partial charge on any atom is 0.251 e. The largest absolute Gasteiger partial charge is 0.492 e. The molecule has 0 saturated carbocycles. The molecule has 0 aromatic heterocycles. The van der Waals surface area contributed by atoms with Gasteiger partial charge in [0.1, 0.15) is 12.4 Å². The van der Waals surface area contributed by atoms with Crippen LogP contribution in [0.1, 0.15) is 15.9 Å². The molecule has 4 heteroatoms. The van der Waals surface area contributed by atoms with Crippen molar-refractivity contribution >= 4 is 11.6 Å². The van der Waals surface area contributed by atoms with Crippen LogP contribution in [0.4, 0.5) is 5.69 Å². The molecule has 0 radical (unpaired) electrons. The van der Waals surface area contributed by atoms with Crippen LogP contribution in [0.2, 0.25) is 0 Å². The lowest BCUT2D eigenvalue weighted by Gasteiger charge is -2.08. The fourth-order valence-electron chi connectivity index (χ4n) is 1.82. The van der Waals surface area contributed by atoms with Gasteiger partial charge < -0.3 is 15.8 Å². The van der Waals surface area contributed by atoms with E-state index < -0.39 is 0 Å². The van der Waals surface area contributed by atoms with E-state index in [0.717, 1.165) is 11.3 Å². The number of rotatable bonds is 5. The van der Waals surface area contributed by atoms with Crippen molar-refractivity contribution in [2.24, 2.45) is 0 Å². The topological polar surface area (TPSA) is 64.3 Å². The van der Waals surface area contributed by atoms with Gasteiger partial charge in [0.05, 0.1) is 6.54 Å². The predicted octanol–water partition coefficient (Wildman–Crippen LogP) is 2.39. The monoisotopic (exact) mass is 270 g/mol. The minimum Gasteiger partial charge on any atom is -0.492 e. The molecule has 3 N–H and O–H groups in total. The summed E-state index contributed by atoms with van der Waals surface area (Å²) in [7, 11) is 0. The summed E-state index contributed by atoms with van der Waals surface area (Å²) in [5.41, 5.74) is 7.91. The minimum atomic E-state index is -0.148. The summed E-state index contributed by atoms with van der Waals surface area (Å²) in [5, 5.41) is 2.79. The molecule has 20 heavy (non-hydrogen) atoms. The van der Waals surface area contributed by atoms with Crippen LogP contribution < -0.4 is 15.8 Å². The lowest BCUT2D eigenvalue weighted by atomic mass is 10.2. The molecule has 104 valence electrons. The number of amides is 1. The van der Waals surface area contributed by atoms with Crippen LogP contribution in [0.3, 0.4) is 0 Å². The van der Waals surface area contributed by atoms with Crippen molar-refractivity contribution in [3.8, 4) is 5.75 Å². The average molecular weight is 270 g/mol. The molecule has 1 amide bonds. The first-order valence-corrected chi connectivity index (χ1v) is 6.48. The molecule has 0 aliphatic carbocycles. The van der Waals surface area contributed by atoms with E-state index in [1.165, 1.54) is 0 Å². The third kappa shape index (κ3) is 4.02. The van der Waals surface area contributed by atoms with E-state index in [1.54, 1.807) is 24.3 Å². The zero-order valence-electron chi connectivity index (χ0n) is 11.4. The van der Waals surface area contributed by atoms with E-state index >= 15 is 0 Å². The highest BCUT2D eigenvalue weighted by atomic mass is 16.5. The molecular weight excluding hydrogens is 252 g/mol. The molecular formula is C16H18N2O2. The third-order valence-corrected chi connectivity index (χ3v) is 2.79. The molecule has 0 unspecified atom stereocenters. The fraction of sp³-hybridized carbons (Fsp3) is 0.188. The number of carbonyl (C=O) groups excluding carboxylic acids is 1. The van der Waals surface area contributed by atoms with Crippen LogP contribution in [0.25, 0.3) is 0 Å². The summed E-state index contributed by atoms with van der Waals surface area (Å²) < 4.78 is 5.56. The molecule has 0 atom stereocenters. The van der Waals surface area contributed by atoms with E-state index in [9.17, 15) is 4.79 Å². The summed E-state index contributed by atoms with van der Waals surface area (Å²) in [5.74, 6) is 0.661. The highest BCUT2D eigenvalue weighted by molar-refractivity contribution is 5.94. The Hall–Kier alpha value is -2.49. The molecule has 2 aromatic rings. The molecule has 2 rings (SSSR count). The Morgan fingerprint density at radius 3 is 2.75 bits per heavy atom. The van der Waals surface area contributed by atoms with Gasteiger partial charge in [-0.1, -0.05) is 18.2 Å². The van der Waals surface area contributed by atoms with Crippen molar-refractivity contribution in [1.82, 2.24) is 5.32 Å². The molecule has 0 aliphatic heterocycles. The second-order valence-corrected chi connectivity index (χ2v) is 4.55. The van der Waals surface area contributed by atoms with Crippen molar-refractivity contribution < 1.29 is 9.53 Å². The van der Waals surface area contributed by atoms with Gasteiger partial charge in [-0.05, 0) is 42.8 Å². The summed E-state index contributed by atoms with van der Waals surface area (Å²) >= 11 is 0. The van der Waals surface area contributed by atoms with Gasteiger partial charge in [-0.15, -0.1) is 0 Å². The van der Waals surface area contributed by atoms with E-state index in [0.29, 0.717) is 24.4 Å². The Morgan fingerprint density at radius 1 is 1.20 bits per heavy atom. The molecule has 0 heterocycles. The van der Waals surface area contributed by atoms with Crippen molar-refractivity contribution in [3.63, 3.8) is 0 Å². The molecule has 0 aliphatic rings. The quantitative estimate of drug-likeness (QED) is 0.647. The standard InChI is InChI=1S/C16H18N2O2/c1-12-4-2-7-15(10-12)20-9-8-18-16(19)13-5-3-6-14(17)11-13/h2-7,10-11H,8-9,17H2,1H3,(H,18,19). The summed E-state index contributed by atoms with van der Waals surface area (Å²) in [6.45, 7) is 2.88. The normalized spacial score (nSPS) is 10.1. The lowest BCUT2D eigenvalue weighted by molar-refractivity contribution is 0.0947. The van der Waals surface area contributed by atoms with E-state index in [-0.39, 0.29) is 5.91 Å². The van der Waals surface area contributed by atoms with Crippen LogP contribution in [0.15, 0.2) is 48.5 Å². The van der Waals surface area contributed by atoms with Crippen molar-refractivity contribution in [2.75, 3.05) is 18.9 Å². The molecule has 0 spiro atoms. The van der Waals surface area contributed by atoms with Gasteiger partial charge in [0.15, 0.2) is 0 Å². The number of nitrogens with one attached hydrogen (secondary N) is 1. The summed E-state index contributed by atoms with van der Waals surface area (Å²) in [4.78, 5) is 11.8. The molecule has 0 bridgehead atoms. The molecule has 0 fully saturated rings.